The number of hydrogen-bond donors (Lipinski definition) is 1. The summed E-state index contributed by atoms with van der Waals surface area (Å²) in [6, 6.07) is 9.07. The summed E-state index contributed by atoms with van der Waals surface area (Å²) in [5.74, 6) is -0.0770. The van der Waals surface area contributed by atoms with Gasteiger partial charge >= 0.3 is 0 Å². The molecule has 0 aliphatic rings. The van der Waals surface area contributed by atoms with Crippen molar-refractivity contribution in [1.82, 2.24) is 9.97 Å². The fraction of sp³-hybridized carbons (Fsp3) is 0.267. The van der Waals surface area contributed by atoms with E-state index in [0.717, 1.165) is 10.7 Å². The highest BCUT2D eigenvalue weighted by atomic mass is 35.5. The number of carbonyl (C=O) groups is 1. The number of benzene rings is 1. The third kappa shape index (κ3) is 4.44. The summed E-state index contributed by atoms with van der Waals surface area (Å²) >= 11 is 7.48. The Morgan fingerprint density at radius 1 is 1.38 bits per heavy atom. The average molecular weight is 322 g/mol. The average Bonchev–Trinajstić information content (AvgIpc) is 2.47. The Kier molecular flexibility index (Phi) is 5.59. The highest BCUT2D eigenvalue weighted by Crippen LogP contribution is 2.26. The SMILES string of the molecule is CC[C@H](Sc1cc(C)ncn1)C(=O)Nc1ccccc1Cl. The number of aromatic nitrogens is 2. The number of hydrogen-bond acceptors (Lipinski definition) is 4. The molecule has 110 valence electrons. The second-order valence-corrected chi connectivity index (χ2v) is 6.11. The van der Waals surface area contributed by atoms with Crippen molar-refractivity contribution in [1.29, 1.82) is 0 Å². The van der Waals surface area contributed by atoms with Crippen LogP contribution in [0.2, 0.25) is 5.02 Å². The van der Waals surface area contributed by atoms with Gasteiger partial charge < -0.3 is 5.32 Å². The van der Waals surface area contributed by atoms with Crippen LogP contribution in [0, 0.1) is 6.92 Å². The number of thioether (sulfide) groups is 1. The molecule has 0 radical (unpaired) electrons. The van der Waals surface area contributed by atoms with E-state index in [2.05, 4.69) is 15.3 Å². The zero-order chi connectivity index (χ0) is 15.2. The van der Waals surface area contributed by atoms with Crippen LogP contribution in [0.3, 0.4) is 0 Å². The summed E-state index contributed by atoms with van der Waals surface area (Å²) in [6.45, 7) is 3.87. The van der Waals surface area contributed by atoms with Crippen LogP contribution in [0.4, 0.5) is 5.69 Å². The quantitative estimate of drug-likeness (QED) is 0.669. The number of aryl methyl sites for hydroxylation is 1. The standard InChI is InChI=1S/C15H16ClN3OS/c1-3-13(21-14-8-10(2)17-9-18-14)15(20)19-12-7-5-4-6-11(12)16/h4-9,13H,3H2,1-2H3,(H,19,20)/t13-/m0/s1. The molecular formula is C15H16ClN3OS. The lowest BCUT2D eigenvalue weighted by atomic mass is 10.2. The predicted octanol–water partition coefficient (Wildman–Crippen LogP) is 3.95. The van der Waals surface area contributed by atoms with Crippen molar-refractivity contribution >= 4 is 35.0 Å². The molecule has 0 saturated carbocycles. The first-order valence-electron chi connectivity index (χ1n) is 6.61. The first-order chi connectivity index (χ1) is 10.1. The summed E-state index contributed by atoms with van der Waals surface area (Å²) < 4.78 is 0. The van der Waals surface area contributed by atoms with Gasteiger partial charge in [-0.1, -0.05) is 42.4 Å². The largest absolute Gasteiger partial charge is 0.324 e. The monoisotopic (exact) mass is 321 g/mol. The van der Waals surface area contributed by atoms with Gasteiger partial charge in [-0.15, -0.1) is 0 Å². The molecule has 21 heavy (non-hydrogen) atoms. The van der Waals surface area contributed by atoms with Crippen LogP contribution in [0.25, 0.3) is 0 Å². The van der Waals surface area contributed by atoms with Gasteiger partial charge in [-0.25, -0.2) is 9.97 Å². The molecule has 1 N–H and O–H groups in total. The molecule has 0 aliphatic heterocycles. The third-order valence-corrected chi connectivity index (χ3v) is 4.46. The molecule has 1 aromatic carbocycles. The molecule has 0 spiro atoms. The molecule has 6 heteroatoms. The van der Waals surface area contributed by atoms with Crippen molar-refractivity contribution in [2.45, 2.75) is 30.5 Å². The zero-order valence-corrected chi connectivity index (χ0v) is 13.4. The van der Waals surface area contributed by atoms with Gasteiger partial charge in [0, 0.05) is 5.69 Å². The van der Waals surface area contributed by atoms with E-state index >= 15 is 0 Å². The Morgan fingerprint density at radius 2 is 2.14 bits per heavy atom. The molecule has 0 saturated heterocycles. The van der Waals surface area contributed by atoms with E-state index in [1.54, 1.807) is 12.1 Å². The molecule has 0 unspecified atom stereocenters. The van der Waals surface area contributed by atoms with Crippen LogP contribution in [-0.4, -0.2) is 21.1 Å². The Hall–Kier alpha value is -1.59. The minimum atomic E-state index is -0.226. The van der Waals surface area contributed by atoms with Crippen molar-refractivity contribution in [2.75, 3.05) is 5.32 Å². The van der Waals surface area contributed by atoms with E-state index in [-0.39, 0.29) is 11.2 Å². The molecule has 2 rings (SSSR count). The van der Waals surface area contributed by atoms with E-state index in [1.165, 1.54) is 18.1 Å². The van der Waals surface area contributed by atoms with E-state index < -0.39 is 0 Å². The Morgan fingerprint density at radius 3 is 2.81 bits per heavy atom. The Bertz CT molecular complexity index is 636. The van der Waals surface area contributed by atoms with Crippen LogP contribution in [0.1, 0.15) is 19.0 Å². The maximum absolute atomic E-state index is 12.4. The van der Waals surface area contributed by atoms with E-state index in [0.29, 0.717) is 17.1 Å². The molecule has 1 amide bonds. The van der Waals surface area contributed by atoms with Gasteiger partial charge in [-0.3, -0.25) is 4.79 Å². The predicted molar refractivity (Wildman–Crippen MR) is 86.8 cm³/mol. The summed E-state index contributed by atoms with van der Waals surface area (Å²) in [4.78, 5) is 20.6. The van der Waals surface area contributed by atoms with Gasteiger partial charge in [0.1, 0.15) is 11.4 Å². The van der Waals surface area contributed by atoms with Gasteiger partial charge in [-0.2, -0.15) is 0 Å². The number of halogens is 1. The molecule has 4 nitrogen and oxygen atoms in total. The zero-order valence-electron chi connectivity index (χ0n) is 11.8. The first kappa shape index (κ1) is 15.8. The smallest absolute Gasteiger partial charge is 0.237 e. The van der Waals surface area contributed by atoms with E-state index in [4.69, 9.17) is 11.6 Å². The van der Waals surface area contributed by atoms with Gasteiger partial charge in [0.15, 0.2) is 0 Å². The van der Waals surface area contributed by atoms with Crippen LogP contribution in [0.15, 0.2) is 41.7 Å². The van der Waals surface area contributed by atoms with Gasteiger partial charge in [0.2, 0.25) is 5.91 Å². The van der Waals surface area contributed by atoms with Crippen molar-refractivity contribution < 1.29 is 4.79 Å². The summed E-state index contributed by atoms with van der Waals surface area (Å²) in [7, 11) is 0. The van der Waals surface area contributed by atoms with Crippen LogP contribution >= 0.6 is 23.4 Å². The molecule has 1 atom stereocenters. The number of amides is 1. The lowest BCUT2D eigenvalue weighted by molar-refractivity contribution is -0.115. The second kappa shape index (κ2) is 7.43. The molecule has 1 heterocycles. The van der Waals surface area contributed by atoms with E-state index in [9.17, 15) is 4.79 Å². The Labute approximate surface area is 133 Å². The maximum atomic E-state index is 12.4. The highest BCUT2D eigenvalue weighted by Gasteiger charge is 2.19. The second-order valence-electron chi connectivity index (χ2n) is 4.48. The lowest BCUT2D eigenvalue weighted by Gasteiger charge is -2.15. The number of rotatable bonds is 5. The number of nitrogens with zero attached hydrogens (tertiary/aromatic N) is 2. The van der Waals surface area contributed by atoms with Gasteiger partial charge in [0.25, 0.3) is 0 Å². The number of nitrogens with one attached hydrogen (secondary N) is 1. The molecule has 0 fully saturated rings. The van der Waals surface area contributed by atoms with Crippen LogP contribution in [-0.2, 0) is 4.79 Å². The third-order valence-electron chi connectivity index (χ3n) is 2.84. The summed E-state index contributed by atoms with van der Waals surface area (Å²) in [5, 5.41) is 3.96. The number of anilines is 1. The summed E-state index contributed by atoms with van der Waals surface area (Å²) in [6.07, 6.45) is 2.21. The number of carbonyl (C=O) groups excluding carboxylic acids is 1. The summed E-state index contributed by atoms with van der Waals surface area (Å²) in [5.41, 5.74) is 1.51. The normalized spacial score (nSPS) is 12.0. The molecule has 0 aliphatic carbocycles. The van der Waals surface area contributed by atoms with Gasteiger partial charge in [-0.05, 0) is 31.5 Å². The first-order valence-corrected chi connectivity index (χ1v) is 7.86. The molecular weight excluding hydrogens is 306 g/mol. The molecule has 2 aromatic rings. The van der Waals surface area contributed by atoms with Crippen LogP contribution in [0.5, 0.6) is 0 Å². The van der Waals surface area contributed by atoms with Crippen molar-refractivity contribution in [3.05, 3.63) is 47.4 Å². The van der Waals surface area contributed by atoms with E-state index in [1.807, 2.05) is 32.0 Å². The number of para-hydroxylation sites is 1. The molecule has 0 bridgehead atoms. The maximum Gasteiger partial charge on any atom is 0.237 e. The fourth-order valence-electron chi connectivity index (χ4n) is 1.74. The topological polar surface area (TPSA) is 54.9 Å². The molecule has 1 aromatic heterocycles. The van der Waals surface area contributed by atoms with Crippen molar-refractivity contribution in [2.24, 2.45) is 0 Å². The highest BCUT2D eigenvalue weighted by molar-refractivity contribution is 8.00. The van der Waals surface area contributed by atoms with Crippen molar-refractivity contribution in [3.8, 4) is 0 Å². The van der Waals surface area contributed by atoms with Gasteiger partial charge in [0.05, 0.1) is 16.0 Å². The Balaban J connectivity index is 2.07. The van der Waals surface area contributed by atoms with Crippen molar-refractivity contribution in [3.63, 3.8) is 0 Å². The minimum Gasteiger partial charge on any atom is -0.324 e. The fourth-order valence-corrected chi connectivity index (χ4v) is 2.89. The van der Waals surface area contributed by atoms with Crippen LogP contribution < -0.4 is 5.32 Å². The minimum absolute atomic E-state index is 0.0770. The lowest BCUT2D eigenvalue weighted by Crippen LogP contribution is -2.24.